The minimum atomic E-state index is -0.280. The third kappa shape index (κ3) is 3.89. The first-order valence-corrected chi connectivity index (χ1v) is 9.57. The molecule has 0 aliphatic heterocycles. The zero-order valence-corrected chi connectivity index (χ0v) is 16.0. The minimum absolute atomic E-state index is 0.0971. The van der Waals surface area contributed by atoms with Crippen molar-refractivity contribution in [3.8, 4) is 17.1 Å². The second-order valence-corrected chi connectivity index (χ2v) is 7.34. The maximum absolute atomic E-state index is 13.4. The van der Waals surface area contributed by atoms with Crippen LogP contribution in [0.5, 0.6) is 5.75 Å². The Hall–Kier alpha value is -2.80. The molecular weight excluding hydrogens is 357 g/mol. The number of methoxy groups -OCH3 is 1. The van der Waals surface area contributed by atoms with Gasteiger partial charge < -0.3 is 10.1 Å². The molecule has 3 atom stereocenters. The van der Waals surface area contributed by atoms with Gasteiger partial charge in [0.1, 0.15) is 11.6 Å². The lowest BCUT2D eigenvalue weighted by atomic mass is 9.96. The number of aromatic nitrogens is 4. The monoisotopic (exact) mass is 381 g/mol. The van der Waals surface area contributed by atoms with Crippen LogP contribution in [0.1, 0.15) is 49.3 Å². The Morgan fingerprint density at radius 1 is 1.18 bits per heavy atom. The van der Waals surface area contributed by atoms with Gasteiger partial charge in [0.25, 0.3) is 0 Å². The first-order chi connectivity index (χ1) is 13.6. The van der Waals surface area contributed by atoms with E-state index in [-0.39, 0.29) is 11.9 Å². The number of nitrogens with one attached hydrogen (secondary N) is 2. The molecule has 0 amide bonds. The van der Waals surface area contributed by atoms with Gasteiger partial charge in [0.15, 0.2) is 0 Å². The lowest BCUT2D eigenvalue weighted by molar-refractivity contribution is 0.389. The number of nitrogens with zero attached hydrogens (tertiary/aromatic N) is 3. The Kier molecular flexibility index (Phi) is 5.34. The van der Waals surface area contributed by atoms with Gasteiger partial charge >= 0.3 is 0 Å². The molecule has 1 aliphatic carbocycles. The third-order valence-corrected chi connectivity index (χ3v) is 5.57. The van der Waals surface area contributed by atoms with Crippen molar-refractivity contribution in [1.29, 1.82) is 0 Å². The Bertz CT molecular complexity index is 913. The van der Waals surface area contributed by atoms with Crippen molar-refractivity contribution in [1.82, 2.24) is 25.9 Å². The second kappa shape index (κ2) is 8.06. The van der Waals surface area contributed by atoms with Crippen LogP contribution in [0.25, 0.3) is 11.4 Å². The van der Waals surface area contributed by atoms with Gasteiger partial charge in [-0.25, -0.2) is 4.39 Å². The molecule has 4 rings (SSSR count). The van der Waals surface area contributed by atoms with Crippen molar-refractivity contribution in [2.45, 2.75) is 44.2 Å². The Morgan fingerprint density at radius 2 is 2.00 bits per heavy atom. The highest BCUT2D eigenvalue weighted by Gasteiger charge is 2.27. The average molecular weight is 381 g/mol. The van der Waals surface area contributed by atoms with E-state index >= 15 is 0 Å². The molecule has 2 N–H and O–H groups in total. The fraction of sp³-hybridized carbons (Fsp3) is 0.381. The van der Waals surface area contributed by atoms with Crippen LogP contribution in [0.2, 0.25) is 0 Å². The number of rotatable bonds is 6. The summed E-state index contributed by atoms with van der Waals surface area (Å²) in [7, 11) is 1.58. The molecule has 0 radical (unpaired) electrons. The number of halogens is 1. The highest BCUT2D eigenvalue weighted by Crippen LogP contribution is 2.36. The summed E-state index contributed by atoms with van der Waals surface area (Å²) in [5.41, 5.74) is 3.28. The molecule has 1 saturated carbocycles. The van der Waals surface area contributed by atoms with Gasteiger partial charge in [0, 0.05) is 29.3 Å². The molecule has 2 aromatic carbocycles. The summed E-state index contributed by atoms with van der Waals surface area (Å²) in [6.45, 7) is 2.10. The van der Waals surface area contributed by atoms with Crippen LogP contribution in [0.3, 0.4) is 0 Å². The standard InChI is InChI=1S/C21H24FN5O/c1-13(19-10-8-17(22)12-20(19)28-2)23-18-9-7-16(11-18)14-3-5-15(6-4-14)21-24-26-27-25-21/h3-6,8,10,12-13,16,18,23H,7,9,11H2,1-2H3,(H,24,25,26,27)/t13-,16-,18?/m0/s1. The first-order valence-electron chi connectivity index (χ1n) is 9.57. The molecule has 0 spiro atoms. The normalized spacial score (nSPS) is 20.2. The van der Waals surface area contributed by atoms with E-state index in [0.717, 1.165) is 30.4 Å². The molecule has 1 aromatic heterocycles. The van der Waals surface area contributed by atoms with Crippen molar-refractivity contribution in [3.63, 3.8) is 0 Å². The quantitative estimate of drug-likeness (QED) is 0.675. The molecule has 3 aromatic rings. The number of tetrazole rings is 1. The van der Waals surface area contributed by atoms with E-state index in [1.54, 1.807) is 13.2 Å². The first kappa shape index (κ1) is 18.6. The van der Waals surface area contributed by atoms with Gasteiger partial charge in [-0.15, -0.1) is 10.2 Å². The molecule has 1 heterocycles. The Labute approximate surface area is 163 Å². The molecule has 28 heavy (non-hydrogen) atoms. The summed E-state index contributed by atoms with van der Waals surface area (Å²) in [5.74, 6) is 1.45. The SMILES string of the molecule is COc1cc(F)ccc1[C@H](C)NC1CC[C@H](c2ccc(-c3nn[nH]n3)cc2)C1. The number of benzene rings is 2. The van der Waals surface area contributed by atoms with Gasteiger partial charge in [-0.05, 0) is 48.9 Å². The van der Waals surface area contributed by atoms with Crippen LogP contribution in [0, 0.1) is 5.82 Å². The summed E-state index contributed by atoms with van der Waals surface area (Å²) in [5, 5.41) is 17.8. The van der Waals surface area contributed by atoms with Crippen molar-refractivity contribution in [3.05, 3.63) is 59.4 Å². The van der Waals surface area contributed by atoms with E-state index in [1.165, 1.54) is 17.7 Å². The van der Waals surface area contributed by atoms with E-state index in [9.17, 15) is 4.39 Å². The van der Waals surface area contributed by atoms with Gasteiger partial charge in [0.05, 0.1) is 7.11 Å². The lowest BCUT2D eigenvalue weighted by Gasteiger charge is -2.22. The van der Waals surface area contributed by atoms with Crippen molar-refractivity contribution >= 4 is 0 Å². The van der Waals surface area contributed by atoms with Crippen LogP contribution >= 0.6 is 0 Å². The van der Waals surface area contributed by atoms with Gasteiger partial charge in [-0.3, -0.25) is 0 Å². The van der Waals surface area contributed by atoms with Crippen LogP contribution in [0.4, 0.5) is 4.39 Å². The second-order valence-electron chi connectivity index (χ2n) is 7.34. The highest BCUT2D eigenvalue weighted by molar-refractivity contribution is 5.54. The molecule has 1 aliphatic rings. The maximum Gasteiger partial charge on any atom is 0.204 e. The minimum Gasteiger partial charge on any atom is -0.496 e. The summed E-state index contributed by atoms with van der Waals surface area (Å²) < 4.78 is 18.8. The van der Waals surface area contributed by atoms with Crippen molar-refractivity contribution < 1.29 is 9.13 Å². The zero-order chi connectivity index (χ0) is 19.5. The predicted octanol–water partition coefficient (Wildman–Crippen LogP) is 4.00. The van der Waals surface area contributed by atoms with E-state index in [0.29, 0.717) is 23.5 Å². The van der Waals surface area contributed by atoms with Crippen molar-refractivity contribution in [2.24, 2.45) is 0 Å². The number of ether oxygens (including phenoxy) is 1. The smallest absolute Gasteiger partial charge is 0.204 e. The number of H-pyrrole nitrogens is 1. The fourth-order valence-corrected chi connectivity index (χ4v) is 4.11. The largest absolute Gasteiger partial charge is 0.496 e. The summed E-state index contributed by atoms with van der Waals surface area (Å²) >= 11 is 0. The zero-order valence-electron chi connectivity index (χ0n) is 16.0. The lowest BCUT2D eigenvalue weighted by Crippen LogP contribution is -2.29. The van der Waals surface area contributed by atoms with E-state index in [4.69, 9.17) is 4.74 Å². The molecule has 1 unspecified atom stereocenters. The van der Waals surface area contributed by atoms with Crippen LogP contribution in [-0.4, -0.2) is 33.8 Å². The molecule has 146 valence electrons. The Balaban J connectivity index is 1.39. The fourth-order valence-electron chi connectivity index (χ4n) is 4.11. The van der Waals surface area contributed by atoms with Gasteiger partial charge in [0.2, 0.25) is 5.82 Å². The predicted molar refractivity (Wildman–Crippen MR) is 104 cm³/mol. The van der Waals surface area contributed by atoms with Gasteiger partial charge in [-0.1, -0.05) is 30.3 Å². The molecule has 7 heteroatoms. The molecule has 0 bridgehead atoms. The van der Waals surface area contributed by atoms with Crippen LogP contribution < -0.4 is 10.1 Å². The van der Waals surface area contributed by atoms with E-state index in [2.05, 4.69) is 45.0 Å². The van der Waals surface area contributed by atoms with Crippen molar-refractivity contribution in [2.75, 3.05) is 7.11 Å². The highest BCUT2D eigenvalue weighted by atomic mass is 19.1. The van der Waals surface area contributed by atoms with Crippen LogP contribution in [0.15, 0.2) is 42.5 Å². The van der Waals surface area contributed by atoms with E-state index in [1.807, 2.05) is 12.1 Å². The molecule has 1 fully saturated rings. The topological polar surface area (TPSA) is 75.7 Å². The summed E-state index contributed by atoms with van der Waals surface area (Å²) in [6.07, 6.45) is 3.34. The number of hydrogen-bond acceptors (Lipinski definition) is 5. The maximum atomic E-state index is 13.4. The van der Waals surface area contributed by atoms with Gasteiger partial charge in [-0.2, -0.15) is 5.21 Å². The van der Waals surface area contributed by atoms with Crippen LogP contribution in [-0.2, 0) is 0 Å². The summed E-state index contributed by atoms with van der Waals surface area (Å²) in [4.78, 5) is 0. The molecular formula is C21H24FN5O. The third-order valence-electron chi connectivity index (χ3n) is 5.57. The molecule has 6 nitrogen and oxygen atoms in total. The summed E-state index contributed by atoms with van der Waals surface area (Å²) in [6, 6.07) is 13.7. The molecule has 0 saturated heterocycles. The number of aromatic amines is 1. The average Bonchev–Trinajstić information content (AvgIpc) is 3.40. The Morgan fingerprint density at radius 3 is 2.71 bits per heavy atom. The number of hydrogen-bond donors (Lipinski definition) is 2. The van der Waals surface area contributed by atoms with E-state index < -0.39 is 0 Å².